The summed E-state index contributed by atoms with van der Waals surface area (Å²) < 4.78 is 0. The molecule has 0 bridgehead atoms. The lowest BCUT2D eigenvalue weighted by molar-refractivity contribution is 0.276. The highest BCUT2D eigenvalue weighted by Gasteiger charge is 1.98. The van der Waals surface area contributed by atoms with Gasteiger partial charge in [-0.1, -0.05) is 13.8 Å². The molecule has 1 heterocycles. The van der Waals surface area contributed by atoms with Crippen LogP contribution in [0.4, 0.5) is 0 Å². The minimum absolute atomic E-state index is 0.0352. The van der Waals surface area contributed by atoms with Crippen LogP contribution >= 0.6 is 0 Å². The van der Waals surface area contributed by atoms with E-state index in [-0.39, 0.29) is 6.61 Å². The first-order valence-corrected chi connectivity index (χ1v) is 4.27. The Bertz CT molecular complexity index is 233. The second kappa shape index (κ2) is 5.72. The zero-order chi connectivity index (χ0) is 9.56. The van der Waals surface area contributed by atoms with Crippen molar-refractivity contribution in [2.75, 3.05) is 0 Å². The summed E-state index contributed by atoms with van der Waals surface area (Å²) in [5, 5.41) is 8.78. The maximum atomic E-state index is 8.78. The molecule has 2 heteroatoms. The summed E-state index contributed by atoms with van der Waals surface area (Å²) >= 11 is 0. The standard InChI is InChI=1S/C8H11NO.C2H6/c1-6-3-4-9-8(5-10)7(6)2;1-2/h3-4,10H,5H2,1-2H3;1-2H3. The molecule has 0 aliphatic rings. The zero-order valence-corrected chi connectivity index (χ0v) is 8.26. The number of hydrogen-bond donors (Lipinski definition) is 1. The van der Waals surface area contributed by atoms with Crippen LogP contribution in [0.2, 0.25) is 0 Å². The fraction of sp³-hybridized carbons (Fsp3) is 0.500. The lowest BCUT2D eigenvalue weighted by Crippen LogP contribution is -1.94. The van der Waals surface area contributed by atoms with Crippen LogP contribution < -0.4 is 0 Å². The molecule has 0 fully saturated rings. The Morgan fingerprint density at radius 1 is 1.33 bits per heavy atom. The number of aryl methyl sites for hydroxylation is 1. The molecule has 0 aliphatic carbocycles. The van der Waals surface area contributed by atoms with E-state index in [1.807, 2.05) is 33.8 Å². The smallest absolute Gasteiger partial charge is 0.0855 e. The number of aliphatic hydroxyl groups is 1. The van der Waals surface area contributed by atoms with Gasteiger partial charge >= 0.3 is 0 Å². The molecule has 2 nitrogen and oxygen atoms in total. The van der Waals surface area contributed by atoms with Gasteiger partial charge in [0.15, 0.2) is 0 Å². The summed E-state index contributed by atoms with van der Waals surface area (Å²) in [6.07, 6.45) is 1.72. The number of aromatic nitrogens is 1. The fourth-order valence-electron chi connectivity index (χ4n) is 0.848. The van der Waals surface area contributed by atoms with Crippen LogP contribution in [-0.2, 0) is 6.61 Å². The van der Waals surface area contributed by atoms with Gasteiger partial charge in [-0.25, -0.2) is 0 Å². The third-order valence-corrected chi connectivity index (χ3v) is 1.73. The summed E-state index contributed by atoms with van der Waals surface area (Å²) in [4.78, 5) is 4.01. The van der Waals surface area contributed by atoms with E-state index < -0.39 is 0 Å². The van der Waals surface area contributed by atoms with Crippen molar-refractivity contribution in [2.24, 2.45) is 0 Å². The van der Waals surface area contributed by atoms with Crippen LogP contribution in [0.3, 0.4) is 0 Å². The van der Waals surface area contributed by atoms with Crippen molar-refractivity contribution >= 4 is 0 Å². The zero-order valence-electron chi connectivity index (χ0n) is 8.26. The minimum Gasteiger partial charge on any atom is -0.390 e. The Morgan fingerprint density at radius 2 is 1.92 bits per heavy atom. The molecule has 0 amide bonds. The van der Waals surface area contributed by atoms with E-state index in [1.54, 1.807) is 6.20 Å². The predicted molar refractivity (Wildman–Crippen MR) is 51.0 cm³/mol. The van der Waals surface area contributed by atoms with E-state index in [0.717, 1.165) is 11.3 Å². The average Bonchev–Trinajstić information content (AvgIpc) is 2.13. The van der Waals surface area contributed by atoms with E-state index >= 15 is 0 Å². The van der Waals surface area contributed by atoms with Crippen molar-refractivity contribution in [1.82, 2.24) is 4.98 Å². The van der Waals surface area contributed by atoms with Gasteiger partial charge in [-0.15, -0.1) is 0 Å². The van der Waals surface area contributed by atoms with Gasteiger partial charge < -0.3 is 5.11 Å². The van der Waals surface area contributed by atoms with E-state index in [1.165, 1.54) is 5.56 Å². The lowest BCUT2D eigenvalue weighted by atomic mass is 10.1. The minimum atomic E-state index is 0.0352. The highest BCUT2D eigenvalue weighted by molar-refractivity contribution is 5.26. The summed E-state index contributed by atoms with van der Waals surface area (Å²) in [6.45, 7) is 8.01. The first-order valence-electron chi connectivity index (χ1n) is 4.27. The third kappa shape index (κ3) is 2.62. The number of pyridine rings is 1. The molecule has 0 saturated carbocycles. The second-order valence-electron chi connectivity index (χ2n) is 2.36. The van der Waals surface area contributed by atoms with Crippen molar-refractivity contribution in [3.8, 4) is 0 Å². The van der Waals surface area contributed by atoms with Gasteiger partial charge in [0, 0.05) is 6.20 Å². The van der Waals surface area contributed by atoms with Crippen LogP contribution in [0.5, 0.6) is 0 Å². The highest BCUT2D eigenvalue weighted by Crippen LogP contribution is 2.08. The molecule has 68 valence electrons. The Balaban J connectivity index is 0.000000561. The van der Waals surface area contributed by atoms with Gasteiger partial charge in [0.2, 0.25) is 0 Å². The van der Waals surface area contributed by atoms with Crippen molar-refractivity contribution < 1.29 is 5.11 Å². The van der Waals surface area contributed by atoms with Crippen LogP contribution in [0.25, 0.3) is 0 Å². The summed E-state index contributed by atoms with van der Waals surface area (Å²) in [5.41, 5.74) is 3.05. The number of rotatable bonds is 1. The molecule has 1 N–H and O–H groups in total. The first kappa shape index (κ1) is 11.1. The number of aliphatic hydroxyl groups excluding tert-OH is 1. The van der Waals surface area contributed by atoms with Crippen LogP contribution in [0, 0.1) is 13.8 Å². The lowest BCUT2D eigenvalue weighted by Gasteiger charge is -2.02. The van der Waals surface area contributed by atoms with Crippen LogP contribution in [0.1, 0.15) is 30.7 Å². The van der Waals surface area contributed by atoms with Gasteiger partial charge in [-0.05, 0) is 31.0 Å². The van der Waals surface area contributed by atoms with Crippen molar-refractivity contribution in [3.05, 3.63) is 29.1 Å². The average molecular weight is 167 g/mol. The Kier molecular flexibility index (Phi) is 5.30. The second-order valence-corrected chi connectivity index (χ2v) is 2.36. The Morgan fingerprint density at radius 3 is 2.33 bits per heavy atom. The van der Waals surface area contributed by atoms with Crippen molar-refractivity contribution in [3.63, 3.8) is 0 Å². The quantitative estimate of drug-likeness (QED) is 0.695. The topological polar surface area (TPSA) is 33.1 Å². The largest absolute Gasteiger partial charge is 0.390 e. The summed E-state index contributed by atoms with van der Waals surface area (Å²) in [6, 6.07) is 1.94. The number of hydrogen-bond acceptors (Lipinski definition) is 2. The molecule has 0 unspecified atom stereocenters. The molecule has 0 radical (unpaired) electrons. The van der Waals surface area contributed by atoms with Gasteiger partial charge in [-0.2, -0.15) is 0 Å². The highest BCUT2D eigenvalue weighted by atomic mass is 16.3. The van der Waals surface area contributed by atoms with E-state index in [4.69, 9.17) is 5.11 Å². The molecule has 1 aromatic rings. The van der Waals surface area contributed by atoms with Gasteiger partial charge in [0.1, 0.15) is 0 Å². The van der Waals surface area contributed by atoms with Crippen molar-refractivity contribution in [2.45, 2.75) is 34.3 Å². The van der Waals surface area contributed by atoms with Gasteiger partial charge in [0.05, 0.1) is 12.3 Å². The molecule has 0 atom stereocenters. The first-order chi connectivity index (χ1) is 5.75. The van der Waals surface area contributed by atoms with E-state index in [2.05, 4.69) is 4.98 Å². The molecular formula is C10H17NO. The maximum absolute atomic E-state index is 8.78. The maximum Gasteiger partial charge on any atom is 0.0855 e. The van der Waals surface area contributed by atoms with Crippen LogP contribution in [-0.4, -0.2) is 10.1 Å². The summed E-state index contributed by atoms with van der Waals surface area (Å²) in [7, 11) is 0. The van der Waals surface area contributed by atoms with Gasteiger partial charge in [-0.3, -0.25) is 4.98 Å². The SMILES string of the molecule is CC.Cc1ccnc(CO)c1C. The fourth-order valence-corrected chi connectivity index (χ4v) is 0.848. The van der Waals surface area contributed by atoms with Crippen LogP contribution in [0.15, 0.2) is 12.3 Å². The third-order valence-electron chi connectivity index (χ3n) is 1.73. The van der Waals surface area contributed by atoms with E-state index in [0.29, 0.717) is 0 Å². The predicted octanol–water partition coefficient (Wildman–Crippen LogP) is 2.22. The molecule has 0 aromatic carbocycles. The molecule has 0 aliphatic heterocycles. The molecular weight excluding hydrogens is 150 g/mol. The molecule has 12 heavy (non-hydrogen) atoms. The number of nitrogens with zero attached hydrogens (tertiary/aromatic N) is 1. The normalized spacial score (nSPS) is 8.75. The summed E-state index contributed by atoms with van der Waals surface area (Å²) in [5.74, 6) is 0. The Labute approximate surface area is 74.3 Å². The Hall–Kier alpha value is -0.890. The monoisotopic (exact) mass is 167 g/mol. The molecule has 0 saturated heterocycles. The van der Waals surface area contributed by atoms with E-state index in [9.17, 15) is 0 Å². The van der Waals surface area contributed by atoms with Gasteiger partial charge in [0.25, 0.3) is 0 Å². The molecule has 1 rings (SSSR count). The molecule has 1 aromatic heterocycles. The molecule has 0 spiro atoms. The van der Waals surface area contributed by atoms with Crippen molar-refractivity contribution in [1.29, 1.82) is 0 Å².